The molecule has 0 fully saturated rings. The van der Waals surface area contributed by atoms with E-state index in [4.69, 9.17) is 0 Å². The Labute approximate surface area is 106 Å². The van der Waals surface area contributed by atoms with E-state index < -0.39 is 11.9 Å². The number of hydrogen-bond acceptors (Lipinski definition) is 3. The van der Waals surface area contributed by atoms with Crippen LogP contribution in [0.1, 0.15) is 29.8 Å². The van der Waals surface area contributed by atoms with Gasteiger partial charge in [-0.15, -0.1) is 0 Å². The summed E-state index contributed by atoms with van der Waals surface area (Å²) in [5.41, 5.74) is 1.04. The lowest BCUT2D eigenvalue weighted by Gasteiger charge is -2.14. The Bertz CT molecular complexity index is 458. The molecule has 0 saturated heterocycles. The third-order valence-corrected chi connectivity index (χ3v) is 2.49. The van der Waals surface area contributed by atoms with Crippen LogP contribution in [-0.2, 0) is 4.79 Å². The second kappa shape index (κ2) is 6.05. The van der Waals surface area contributed by atoms with E-state index in [0.717, 1.165) is 5.56 Å². The predicted octanol–water partition coefficient (Wildman–Crippen LogP) is 0.955. The Hall–Kier alpha value is -2.04. The zero-order chi connectivity index (χ0) is 13.7. The number of aromatic hydroxyl groups is 1. The number of likely N-dealkylation sites (N-methyl/N-ethyl adjacent to an activating group) is 1. The Morgan fingerprint density at radius 3 is 2.67 bits per heavy atom. The molecule has 1 unspecified atom stereocenters. The van der Waals surface area contributed by atoms with Crippen molar-refractivity contribution in [3.05, 3.63) is 29.3 Å². The molecule has 1 rings (SSSR count). The molecular weight excluding hydrogens is 232 g/mol. The summed E-state index contributed by atoms with van der Waals surface area (Å²) in [6.45, 7) is 5.73. The summed E-state index contributed by atoms with van der Waals surface area (Å²) in [6, 6.07) is 4.10. The highest BCUT2D eigenvalue weighted by atomic mass is 16.3. The molecule has 0 saturated carbocycles. The molecule has 0 spiro atoms. The topological polar surface area (TPSA) is 78.4 Å². The quantitative estimate of drug-likeness (QED) is 0.744. The van der Waals surface area contributed by atoms with E-state index in [2.05, 4.69) is 10.6 Å². The standard InChI is InChI=1S/C13H18N2O3/c1-4-14-12(17)9(3)15-13(18)10-7-8(2)5-6-11(10)16/h5-7,9,16H,4H2,1-3H3,(H,14,17)(H,15,18). The fourth-order valence-electron chi connectivity index (χ4n) is 1.50. The molecule has 2 amide bonds. The van der Waals surface area contributed by atoms with Gasteiger partial charge in [0, 0.05) is 6.54 Å². The second-order valence-corrected chi connectivity index (χ2v) is 4.11. The molecule has 3 N–H and O–H groups in total. The van der Waals surface area contributed by atoms with Crippen LogP contribution in [0.4, 0.5) is 0 Å². The maximum atomic E-state index is 11.9. The molecule has 0 aliphatic heterocycles. The highest BCUT2D eigenvalue weighted by Gasteiger charge is 2.17. The Balaban J connectivity index is 2.76. The van der Waals surface area contributed by atoms with Gasteiger partial charge in [0.1, 0.15) is 11.8 Å². The van der Waals surface area contributed by atoms with Crippen LogP contribution in [0.5, 0.6) is 5.75 Å². The Morgan fingerprint density at radius 2 is 2.06 bits per heavy atom. The van der Waals surface area contributed by atoms with Gasteiger partial charge in [-0.3, -0.25) is 9.59 Å². The first-order valence-electron chi connectivity index (χ1n) is 5.84. The van der Waals surface area contributed by atoms with Crippen molar-refractivity contribution in [2.75, 3.05) is 6.54 Å². The second-order valence-electron chi connectivity index (χ2n) is 4.11. The summed E-state index contributed by atoms with van der Waals surface area (Å²) >= 11 is 0. The van der Waals surface area contributed by atoms with Crippen molar-refractivity contribution in [2.45, 2.75) is 26.8 Å². The number of rotatable bonds is 4. The van der Waals surface area contributed by atoms with Gasteiger partial charge in [0.25, 0.3) is 5.91 Å². The van der Waals surface area contributed by atoms with Gasteiger partial charge < -0.3 is 15.7 Å². The first kappa shape index (κ1) is 14.0. The van der Waals surface area contributed by atoms with Crippen molar-refractivity contribution in [3.8, 4) is 5.75 Å². The number of nitrogens with one attached hydrogen (secondary N) is 2. The lowest BCUT2D eigenvalue weighted by atomic mass is 10.1. The van der Waals surface area contributed by atoms with Crippen LogP contribution in [-0.4, -0.2) is 29.5 Å². The van der Waals surface area contributed by atoms with Crippen LogP contribution in [0.25, 0.3) is 0 Å². The minimum atomic E-state index is -0.641. The van der Waals surface area contributed by atoms with E-state index >= 15 is 0 Å². The molecule has 0 heterocycles. The highest BCUT2D eigenvalue weighted by Crippen LogP contribution is 2.17. The van der Waals surface area contributed by atoms with Gasteiger partial charge in [0.2, 0.25) is 5.91 Å². The zero-order valence-electron chi connectivity index (χ0n) is 10.8. The van der Waals surface area contributed by atoms with Crippen molar-refractivity contribution in [1.82, 2.24) is 10.6 Å². The number of aryl methyl sites for hydroxylation is 1. The van der Waals surface area contributed by atoms with E-state index in [-0.39, 0.29) is 17.2 Å². The summed E-state index contributed by atoms with van der Waals surface area (Å²) in [6.07, 6.45) is 0. The molecule has 0 bridgehead atoms. The summed E-state index contributed by atoms with van der Waals surface area (Å²) < 4.78 is 0. The molecule has 0 aliphatic carbocycles. The molecule has 5 nitrogen and oxygen atoms in total. The fraction of sp³-hybridized carbons (Fsp3) is 0.385. The van der Waals surface area contributed by atoms with Gasteiger partial charge in [0.15, 0.2) is 0 Å². The largest absolute Gasteiger partial charge is 0.507 e. The van der Waals surface area contributed by atoms with Crippen molar-refractivity contribution >= 4 is 11.8 Å². The van der Waals surface area contributed by atoms with Crippen LogP contribution in [0.2, 0.25) is 0 Å². The molecule has 0 radical (unpaired) electrons. The normalized spacial score (nSPS) is 11.7. The molecule has 1 aromatic carbocycles. The third kappa shape index (κ3) is 3.48. The molecule has 98 valence electrons. The minimum Gasteiger partial charge on any atom is -0.507 e. The van der Waals surface area contributed by atoms with Crippen molar-refractivity contribution < 1.29 is 14.7 Å². The number of amides is 2. The van der Waals surface area contributed by atoms with E-state index in [9.17, 15) is 14.7 Å². The van der Waals surface area contributed by atoms with Crippen molar-refractivity contribution in [1.29, 1.82) is 0 Å². The monoisotopic (exact) mass is 250 g/mol. The van der Waals surface area contributed by atoms with Gasteiger partial charge in [0.05, 0.1) is 5.56 Å². The number of hydrogen-bond donors (Lipinski definition) is 3. The molecule has 1 aromatic rings. The summed E-state index contributed by atoms with van der Waals surface area (Å²) in [4.78, 5) is 23.4. The molecule has 1 atom stereocenters. The lowest BCUT2D eigenvalue weighted by Crippen LogP contribution is -2.44. The summed E-state index contributed by atoms with van der Waals surface area (Å²) in [5, 5.41) is 14.7. The lowest BCUT2D eigenvalue weighted by molar-refractivity contribution is -0.122. The van der Waals surface area contributed by atoms with Crippen LogP contribution >= 0.6 is 0 Å². The van der Waals surface area contributed by atoms with Gasteiger partial charge in [-0.2, -0.15) is 0 Å². The minimum absolute atomic E-state index is 0.0961. The average Bonchev–Trinajstić information content (AvgIpc) is 2.32. The van der Waals surface area contributed by atoms with Gasteiger partial charge >= 0.3 is 0 Å². The van der Waals surface area contributed by atoms with Crippen LogP contribution < -0.4 is 10.6 Å². The van der Waals surface area contributed by atoms with Crippen molar-refractivity contribution in [2.24, 2.45) is 0 Å². The Morgan fingerprint density at radius 1 is 1.39 bits per heavy atom. The number of carbonyl (C=O) groups excluding carboxylic acids is 2. The first-order chi connectivity index (χ1) is 8.45. The average molecular weight is 250 g/mol. The van der Waals surface area contributed by atoms with Crippen LogP contribution in [0.3, 0.4) is 0 Å². The fourth-order valence-corrected chi connectivity index (χ4v) is 1.50. The maximum Gasteiger partial charge on any atom is 0.255 e. The van der Waals surface area contributed by atoms with Gasteiger partial charge in [-0.05, 0) is 32.9 Å². The van der Waals surface area contributed by atoms with E-state index in [1.54, 1.807) is 26.0 Å². The first-order valence-corrected chi connectivity index (χ1v) is 5.84. The van der Waals surface area contributed by atoms with Crippen LogP contribution in [0, 0.1) is 6.92 Å². The maximum absolute atomic E-state index is 11.9. The Kier molecular flexibility index (Phi) is 4.71. The molecule has 5 heteroatoms. The van der Waals surface area contributed by atoms with Gasteiger partial charge in [-0.25, -0.2) is 0 Å². The number of benzene rings is 1. The molecule has 18 heavy (non-hydrogen) atoms. The summed E-state index contributed by atoms with van der Waals surface area (Å²) in [7, 11) is 0. The SMILES string of the molecule is CCNC(=O)C(C)NC(=O)c1cc(C)ccc1O. The highest BCUT2D eigenvalue weighted by molar-refractivity contribution is 5.99. The summed E-state index contributed by atoms with van der Waals surface area (Å²) in [5.74, 6) is -0.811. The molecule has 0 aliphatic rings. The van der Waals surface area contributed by atoms with E-state index in [0.29, 0.717) is 6.54 Å². The van der Waals surface area contributed by atoms with E-state index in [1.807, 2.05) is 6.92 Å². The number of phenolic OH excluding ortho intramolecular Hbond substituents is 1. The molecular formula is C13H18N2O3. The van der Waals surface area contributed by atoms with Crippen LogP contribution in [0.15, 0.2) is 18.2 Å². The number of phenols is 1. The number of carbonyl (C=O) groups is 2. The molecule has 0 aromatic heterocycles. The zero-order valence-corrected chi connectivity index (χ0v) is 10.8. The van der Waals surface area contributed by atoms with Crippen molar-refractivity contribution in [3.63, 3.8) is 0 Å². The van der Waals surface area contributed by atoms with Gasteiger partial charge in [-0.1, -0.05) is 11.6 Å². The predicted molar refractivity (Wildman–Crippen MR) is 68.5 cm³/mol. The third-order valence-electron chi connectivity index (χ3n) is 2.49. The smallest absolute Gasteiger partial charge is 0.255 e. The van der Waals surface area contributed by atoms with E-state index in [1.165, 1.54) is 6.07 Å².